The van der Waals surface area contributed by atoms with E-state index in [0.29, 0.717) is 5.82 Å². The Bertz CT molecular complexity index is 3490. The fourth-order valence-corrected chi connectivity index (χ4v) is 10.1. The van der Waals surface area contributed by atoms with E-state index in [1.807, 2.05) is 72.8 Å². The normalized spacial score (nSPS) is 12.2. The molecule has 8 aromatic carbocycles. The van der Waals surface area contributed by atoms with Gasteiger partial charge in [-0.05, 0) is 60.2 Å². The number of hydrogen-bond acceptors (Lipinski definition) is 6. The average molecular weight is 1060 g/mol. The Balaban J connectivity index is 0.000000154. The molecule has 3 heterocycles. The molecule has 0 atom stereocenters. The topological polar surface area (TPSA) is 64.5 Å². The first kappa shape index (κ1) is 43.6. The number of fused-ring (bicyclic) bond motifs is 5. The van der Waals surface area contributed by atoms with Crippen molar-refractivity contribution in [2.75, 3.05) is 0 Å². The van der Waals surface area contributed by atoms with Gasteiger partial charge < -0.3 is 0 Å². The molecule has 0 bridgehead atoms. The van der Waals surface area contributed by atoms with Crippen LogP contribution in [0.4, 0.5) is 0 Å². The van der Waals surface area contributed by atoms with E-state index in [1.165, 1.54) is 43.6 Å². The van der Waals surface area contributed by atoms with E-state index in [0.717, 1.165) is 72.2 Å². The van der Waals surface area contributed by atoms with Gasteiger partial charge in [0.15, 0.2) is 0 Å². The molecule has 0 spiro atoms. The minimum absolute atomic E-state index is 0. The van der Waals surface area contributed by atoms with Gasteiger partial charge in [0.25, 0.3) is 0 Å². The molecule has 1 aliphatic rings. The molecule has 0 unspecified atom stereocenters. The number of hydrogen-bond donors (Lipinski definition) is 0. The summed E-state index contributed by atoms with van der Waals surface area (Å²) in [5.41, 5.74) is 18.5. The Hall–Kier alpha value is -7.28. The summed E-state index contributed by atoms with van der Waals surface area (Å²) in [6.07, 6.45) is 0. The average Bonchev–Trinajstić information content (AvgIpc) is 3.91. The van der Waals surface area contributed by atoms with E-state index in [-0.39, 0.29) is 25.5 Å². The molecule has 0 aliphatic heterocycles. The third kappa shape index (κ3) is 8.32. The van der Waals surface area contributed by atoms with Crippen molar-refractivity contribution >= 4 is 32.5 Å². The summed E-state index contributed by atoms with van der Waals surface area (Å²) in [7, 11) is 0. The fourth-order valence-electron chi connectivity index (χ4n) is 9.15. The van der Waals surface area contributed by atoms with Crippen LogP contribution in [0.5, 0.6) is 0 Å². The van der Waals surface area contributed by atoms with Gasteiger partial charge in [-0.1, -0.05) is 164 Å². The van der Waals surface area contributed by atoms with E-state index in [4.69, 9.17) is 24.9 Å². The molecule has 325 valence electrons. The summed E-state index contributed by atoms with van der Waals surface area (Å²) in [5.74, 6) is 1.41. The zero-order chi connectivity index (χ0) is 44.8. The zero-order valence-corrected chi connectivity index (χ0v) is 40.6. The zero-order valence-electron chi connectivity index (χ0n) is 37.4. The van der Waals surface area contributed by atoms with Crippen molar-refractivity contribution in [2.24, 2.45) is 0 Å². The van der Waals surface area contributed by atoms with Gasteiger partial charge in [-0.15, -0.1) is 59.2 Å². The van der Waals surface area contributed by atoms with Gasteiger partial charge in [0, 0.05) is 51.9 Å². The summed E-state index contributed by atoms with van der Waals surface area (Å²) >= 11 is 1.67. The van der Waals surface area contributed by atoms with Crippen molar-refractivity contribution in [3.63, 3.8) is 0 Å². The second-order valence-electron chi connectivity index (χ2n) is 17.2. The maximum absolute atomic E-state index is 5.14. The first-order chi connectivity index (χ1) is 32.3. The predicted octanol–water partition coefficient (Wildman–Crippen LogP) is 15.2. The molecule has 5 nitrogen and oxygen atoms in total. The Morgan fingerprint density at radius 1 is 0.478 bits per heavy atom. The van der Waals surface area contributed by atoms with Crippen LogP contribution in [-0.2, 0) is 25.5 Å². The third-order valence-corrected chi connectivity index (χ3v) is 13.6. The van der Waals surface area contributed by atoms with Crippen LogP contribution in [0.2, 0.25) is 0 Å². The molecular formula is C60H43IrN5S-2. The van der Waals surface area contributed by atoms with Gasteiger partial charge in [0.2, 0.25) is 0 Å². The number of nitrogens with zero attached hydrogens (tertiary/aromatic N) is 5. The maximum atomic E-state index is 5.14. The summed E-state index contributed by atoms with van der Waals surface area (Å²) < 4.78 is 1.17. The van der Waals surface area contributed by atoms with Gasteiger partial charge in [-0.3, -0.25) is 15.0 Å². The van der Waals surface area contributed by atoms with Crippen LogP contribution in [0.25, 0.3) is 99.4 Å². The van der Waals surface area contributed by atoms with Crippen LogP contribution >= 0.6 is 11.3 Å². The number of benzene rings is 8. The number of rotatable bonds is 6. The van der Waals surface area contributed by atoms with Crippen LogP contribution in [-0.4, -0.2) is 24.9 Å². The van der Waals surface area contributed by atoms with E-state index in [2.05, 4.69) is 155 Å². The number of para-hydroxylation sites is 2. The molecule has 0 fully saturated rings. The molecule has 67 heavy (non-hydrogen) atoms. The maximum Gasteiger partial charge on any atom is 0.142 e. The molecule has 1 radical (unpaired) electrons. The molecular weight excluding hydrogens is 1010 g/mol. The molecule has 0 N–H and O–H groups in total. The van der Waals surface area contributed by atoms with Crippen molar-refractivity contribution in [3.05, 3.63) is 222 Å². The molecule has 1 aliphatic carbocycles. The number of aryl methyl sites for hydroxylation is 2. The summed E-state index contributed by atoms with van der Waals surface area (Å²) in [5, 5.41) is 2.02. The Labute approximate surface area is 408 Å². The Morgan fingerprint density at radius 3 is 1.84 bits per heavy atom. The molecule has 0 saturated carbocycles. The first-order valence-electron chi connectivity index (χ1n) is 22.2. The van der Waals surface area contributed by atoms with Crippen LogP contribution < -0.4 is 0 Å². The Kier molecular flexibility index (Phi) is 11.8. The second-order valence-corrected chi connectivity index (χ2v) is 18.2. The van der Waals surface area contributed by atoms with Crippen LogP contribution in [0, 0.1) is 26.0 Å². The standard InChI is InChI=1S/C31H25N2.C29H18N3S.Ir/c1-19-10-9-11-20(2)28(19)29-24-13-6-8-15-27(24)32-30(33-29)21-16-17-23-22-12-5-7-14-25(22)31(3,4)26(23)18-21;1-3-10-20(11-4-1)25-19-26(21-12-5-2-6-13-21)31-28(30-25)22-14-9-15-23(18-22)29-32-24-16-7-8-17-27(24)33-29;/h5-15,17-18H,1-4H3;1-14,16-19H;/q2*-1;. The third-order valence-electron chi connectivity index (χ3n) is 12.5. The largest absolute Gasteiger partial charge is 0.285 e. The van der Waals surface area contributed by atoms with Gasteiger partial charge >= 0.3 is 0 Å². The van der Waals surface area contributed by atoms with Gasteiger partial charge in [0.05, 0.1) is 33.9 Å². The van der Waals surface area contributed by atoms with Crippen LogP contribution in [0.3, 0.4) is 0 Å². The quantitative estimate of drug-likeness (QED) is 0.155. The van der Waals surface area contributed by atoms with Gasteiger partial charge in [-0.2, -0.15) is 11.3 Å². The molecule has 3 aromatic heterocycles. The minimum Gasteiger partial charge on any atom is -0.285 e. The SMILES string of the molecule is Cc1cccc(C)c1-c1nc(-c2[c-]cc3c(c2)C(C)(C)c2ccccc2-3)nc2ccccc12.[Ir].[c-]1ccc(-c2nc(-c3ccccc3)cc(-c3ccccc3)n2)cc1-c1nc2ccccc2s1. The van der Waals surface area contributed by atoms with E-state index >= 15 is 0 Å². The monoisotopic (exact) mass is 1060 g/mol. The van der Waals surface area contributed by atoms with E-state index in [9.17, 15) is 0 Å². The summed E-state index contributed by atoms with van der Waals surface area (Å²) in [4.78, 5) is 24.8. The van der Waals surface area contributed by atoms with Crippen molar-refractivity contribution in [1.29, 1.82) is 0 Å². The summed E-state index contributed by atoms with van der Waals surface area (Å²) in [6.45, 7) is 8.90. The van der Waals surface area contributed by atoms with Crippen LogP contribution in [0.15, 0.2) is 188 Å². The Morgan fingerprint density at radius 2 is 1.12 bits per heavy atom. The van der Waals surface area contributed by atoms with Crippen molar-refractivity contribution in [2.45, 2.75) is 33.1 Å². The van der Waals surface area contributed by atoms with Crippen molar-refractivity contribution in [3.8, 4) is 78.2 Å². The summed E-state index contributed by atoms with van der Waals surface area (Å²) in [6, 6.07) is 71.3. The van der Waals surface area contributed by atoms with E-state index in [1.54, 1.807) is 11.3 Å². The minimum atomic E-state index is -0.0674. The smallest absolute Gasteiger partial charge is 0.142 e. The molecule has 0 saturated heterocycles. The number of aromatic nitrogens is 5. The van der Waals surface area contributed by atoms with E-state index < -0.39 is 0 Å². The van der Waals surface area contributed by atoms with Gasteiger partial charge in [-0.25, -0.2) is 9.97 Å². The van der Waals surface area contributed by atoms with Crippen molar-refractivity contribution < 1.29 is 20.1 Å². The molecule has 12 rings (SSSR count). The first-order valence-corrected chi connectivity index (χ1v) is 23.0. The fraction of sp³-hybridized carbons (Fsp3) is 0.0833. The van der Waals surface area contributed by atoms with Crippen molar-refractivity contribution in [1.82, 2.24) is 24.9 Å². The molecule has 11 aromatic rings. The predicted molar refractivity (Wildman–Crippen MR) is 272 cm³/mol. The number of thiazole rings is 1. The molecule has 0 amide bonds. The van der Waals surface area contributed by atoms with Gasteiger partial charge in [0.1, 0.15) is 5.82 Å². The second kappa shape index (κ2) is 18.2. The van der Waals surface area contributed by atoms with Crippen LogP contribution in [0.1, 0.15) is 36.1 Å². The molecule has 7 heteroatoms.